The van der Waals surface area contributed by atoms with Crippen molar-refractivity contribution in [2.45, 2.75) is 27.1 Å². The minimum absolute atomic E-state index is 0.00440. The summed E-state index contributed by atoms with van der Waals surface area (Å²) in [6.07, 6.45) is 0.683. The molecule has 3 aromatic rings. The zero-order chi connectivity index (χ0) is 20.8. The highest BCUT2D eigenvalue weighted by molar-refractivity contribution is 7.49. The molecule has 1 N–H and O–H groups in total. The number of rotatable bonds is 4. The highest BCUT2D eigenvalue weighted by atomic mass is 31.2. The van der Waals surface area contributed by atoms with E-state index in [-0.39, 0.29) is 30.6 Å². The van der Waals surface area contributed by atoms with Crippen molar-refractivity contribution in [3.05, 3.63) is 79.6 Å². The molecule has 0 fully saturated rings. The minimum Gasteiger partial charge on any atom is -0.438 e. The summed E-state index contributed by atoms with van der Waals surface area (Å²) in [5.74, 6) is -1.13. The first-order valence-electron chi connectivity index (χ1n) is 8.53. The second-order valence-electron chi connectivity index (χ2n) is 6.56. The van der Waals surface area contributed by atoms with E-state index in [4.69, 9.17) is 18.0 Å². The number of fused-ring (bicyclic) bond motifs is 1. The highest BCUT2D eigenvalue weighted by Crippen LogP contribution is 2.55. The van der Waals surface area contributed by atoms with Gasteiger partial charge in [-0.1, -0.05) is 29.3 Å². The van der Waals surface area contributed by atoms with Gasteiger partial charge in [0.05, 0.1) is 12.8 Å². The lowest BCUT2D eigenvalue weighted by Crippen LogP contribution is -2.30. The zero-order valence-electron chi connectivity index (χ0n) is 15.4. The lowest BCUT2D eigenvalue weighted by Gasteiger charge is -2.21. The van der Waals surface area contributed by atoms with Crippen LogP contribution in [-0.2, 0) is 26.8 Å². The Balaban J connectivity index is 1.56. The van der Waals surface area contributed by atoms with Crippen LogP contribution in [-0.4, -0.2) is 9.55 Å². The molecule has 4 rings (SSSR count). The van der Waals surface area contributed by atoms with E-state index in [9.17, 15) is 18.5 Å². The Hall–Kier alpha value is -2.94. The Morgan fingerprint density at radius 3 is 2.66 bits per heavy atom. The van der Waals surface area contributed by atoms with E-state index in [1.807, 2.05) is 37.0 Å². The number of halogens is 1. The van der Waals surface area contributed by atoms with E-state index in [0.29, 0.717) is 6.20 Å². The number of hydrogen-bond acceptors (Lipinski definition) is 7. The van der Waals surface area contributed by atoms with Gasteiger partial charge in [-0.15, -0.1) is 0 Å². The molecule has 152 valence electrons. The fourth-order valence-electron chi connectivity index (χ4n) is 2.96. The monoisotopic (exact) mass is 422 g/mol. The van der Waals surface area contributed by atoms with Crippen LogP contribution in [0.15, 0.2) is 44.5 Å². The number of aromatic amines is 1. The highest BCUT2D eigenvalue weighted by Gasteiger charge is 2.37. The summed E-state index contributed by atoms with van der Waals surface area (Å²) in [4.78, 5) is 24.9. The number of aryl methyl sites for hydroxylation is 2. The van der Waals surface area contributed by atoms with Gasteiger partial charge in [0.1, 0.15) is 6.61 Å². The van der Waals surface area contributed by atoms with Crippen LogP contribution < -0.4 is 15.8 Å². The molecule has 11 heteroatoms. The van der Waals surface area contributed by atoms with Crippen LogP contribution in [0.3, 0.4) is 0 Å². The largest absolute Gasteiger partial charge is 0.530 e. The Morgan fingerprint density at radius 1 is 1.21 bits per heavy atom. The number of phosphoric ester groups is 1. The molecular formula is C18H16FN2O7P. The van der Waals surface area contributed by atoms with Crippen molar-refractivity contribution in [3.8, 4) is 11.6 Å². The van der Waals surface area contributed by atoms with Crippen molar-refractivity contribution >= 4 is 7.82 Å². The number of phosphoric acid groups is 1. The van der Waals surface area contributed by atoms with Crippen molar-refractivity contribution in [1.29, 1.82) is 0 Å². The normalized spacial score (nSPS) is 18.3. The maximum atomic E-state index is 13.5. The molecule has 3 heterocycles. The topological polar surface area (TPSA) is 113 Å². The lowest BCUT2D eigenvalue weighted by atomic mass is 10.1. The first kappa shape index (κ1) is 19.4. The summed E-state index contributed by atoms with van der Waals surface area (Å²) >= 11 is 0. The molecule has 1 aliphatic heterocycles. The first-order valence-corrected chi connectivity index (χ1v) is 9.99. The van der Waals surface area contributed by atoms with E-state index in [2.05, 4.69) is 0 Å². The number of H-pyrrole nitrogens is 1. The van der Waals surface area contributed by atoms with Crippen LogP contribution in [0.4, 0.5) is 4.39 Å². The third-order valence-corrected chi connectivity index (χ3v) is 5.44. The van der Waals surface area contributed by atoms with Crippen LogP contribution in [0.2, 0.25) is 0 Å². The first-order chi connectivity index (χ1) is 13.7. The maximum Gasteiger partial charge on any atom is 0.530 e. The predicted molar refractivity (Wildman–Crippen MR) is 98.6 cm³/mol. The van der Waals surface area contributed by atoms with Gasteiger partial charge in [0.25, 0.3) is 5.56 Å². The standard InChI is InChI=1S/C18H16FN2O7P/c1-10-3-11(2)5-12(4-10)8-25-29(24)26-9-15-14(28-29)6-16(27-15)21-7-13(19)17(22)20-18(21)23/h3-7H,8-9H2,1-2H3,(H,20,22,23). The third kappa shape index (κ3) is 3.95. The summed E-state index contributed by atoms with van der Waals surface area (Å²) in [5, 5.41) is 0. The van der Waals surface area contributed by atoms with E-state index < -0.39 is 24.9 Å². The number of hydrogen-bond donors (Lipinski definition) is 1. The molecule has 1 unspecified atom stereocenters. The van der Waals surface area contributed by atoms with Gasteiger partial charge in [-0.05, 0) is 19.4 Å². The van der Waals surface area contributed by atoms with E-state index in [1.165, 1.54) is 6.07 Å². The van der Waals surface area contributed by atoms with Crippen LogP contribution in [0, 0.1) is 19.7 Å². The molecule has 9 nitrogen and oxygen atoms in total. The maximum absolute atomic E-state index is 13.5. The SMILES string of the molecule is Cc1cc(C)cc(COP2(=O)OCc3oc(-n4cc(F)c(=O)[nH]c4=O)cc3O2)c1. The number of furan rings is 1. The van der Waals surface area contributed by atoms with Crippen LogP contribution in [0.25, 0.3) is 5.88 Å². The van der Waals surface area contributed by atoms with Gasteiger partial charge < -0.3 is 8.94 Å². The minimum atomic E-state index is -3.93. The third-order valence-electron chi connectivity index (χ3n) is 4.13. The van der Waals surface area contributed by atoms with E-state index >= 15 is 0 Å². The second-order valence-corrected chi connectivity index (χ2v) is 8.15. The summed E-state index contributed by atoms with van der Waals surface area (Å²) in [5.41, 5.74) is 0.823. The van der Waals surface area contributed by atoms with Gasteiger partial charge in [-0.3, -0.25) is 18.8 Å². The molecule has 0 bridgehead atoms. The van der Waals surface area contributed by atoms with Crippen molar-refractivity contribution in [2.75, 3.05) is 0 Å². The predicted octanol–water partition coefficient (Wildman–Crippen LogP) is 3.11. The van der Waals surface area contributed by atoms with Gasteiger partial charge in [0.2, 0.25) is 11.7 Å². The fraction of sp³-hybridized carbons (Fsp3) is 0.222. The quantitative estimate of drug-likeness (QED) is 0.643. The van der Waals surface area contributed by atoms with Crippen molar-refractivity contribution in [1.82, 2.24) is 9.55 Å². The van der Waals surface area contributed by atoms with Crippen LogP contribution in [0.1, 0.15) is 22.5 Å². The smallest absolute Gasteiger partial charge is 0.438 e. The zero-order valence-corrected chi connectivity index (χ0v) is 16.3. The van der Waals surface area contributed by atoms with Gasteiger partial charge in [0.15, 0.2) is 11.5 Å². The summed E-state index contributed by atoms with van der Waals surface area (Å²) < 4.78 is 48.3. The number of nitrogens with zero attached hydrogens (tertiary/aromatic N) is 1. The summed E-state index contributed by atoms with van der Waals surface area (Å²) in [6.45, 7) is 3.64. The second kappa shape index (κ2) is 7.14. The average Bonchev–Trinajstić information content (AvgIpc) is 3.05. The molecule has 0 spiro atoms. The Morgan fingerprint density at radius 2 is 1.93 bits per heavy atom. The number of benzene rings is 1. The fourth-order valence-corrected chi connectivity index (χ4v) is 4.12. The van der Waals surface area contributed by atoms with Gasteiger partial charge in [-0.2, -0.15) is 4.39 Å². The molecule has 1 aliphatic rings. The molecule has 0 saturated heterocycles. The van der Waals surface area contributed by atoms with E-state index in [0.717, 1.165) is 21.3 Å². The van der Waals surface area contributed by atoms with Crippen molar-refractivity contribution < 1.29 is 26.9 Å². The molecule has 1 atom stereocenters. The van der Waals surface area contributed by atoms with Gasteiger partial charge in [-0.25, -0.2) is 13.9 Å². The number of nitrogens with one attached hydrogen (secondary N) is 1. The Bertz CT molecular complexity index is 1240. The Labute approximate surface area is 163 Å². The van der Waals surface area contributed by atoms with Crippen molar-refractivity contribution in [3.63, 3.8) is 0 Å². The molecule has 29 heavy (non-hydrogen) atoms. The molecule has 2 aromatic heterocycles. The molecular weight excluding hydrogens is 406 g/mol. The molecule has 0 saturated carbocycles. The molecule has 0 radical (unpaired) electrons. The van der Waals surface area contributed by atoms with Gasteiger partial charge in [0, 0.05) is 6.07 Å². The van der Waals surface area contributed by atoms with Gasteiger partial charge >= 0.3 is 13.5 Å². The van der Waals surface area contributed by atoms with Crippen LogP contribution >= 0.6 is 7.82 Å². The van der Waals surface area contributed by atoms with E-state index in [1.54, 1.807) is 0 Å². The Kier molecular flexibility index (Phi) is 4.77. The van der Waals surface area contributed by atoms with Crippen molar-refractivity contribution in [2.24, 2.45) is 0 Å². The molecule has 1 aromatic carbocycles. The summed E-state index contributed by atoms with van der Waals surface area (Å²) in [6, 6.07) is 7.02. The lowest BCUT2D eigenvalue weighted by molar-refractivity contribution is 0.118. The summed E-state index contributed by atoms with van der Waals surface area (Å²) in [7, 11) is -3.93. The van der Waals surface area contributed by atoms with Crippen LogP contribution in [0.5, 0.6) is 5.75 Å². The molecule has 0 amide bonds. The average molecular weight is 422 g/mol. The molecule has 0 aliphatic carbocycles. The number of aromatic nitrogens is 2.